The number of rotatable bonds is 7. The summed E-state index contributed by atoms with van der Waals surface area (Å²) < 4.78 is 0. The van der Waals surface area contributed by atoms with Crippen molar-refractivity contribution in [2.24, 2.45) is 0 Å². The van der Waals surface area contributed by atoms with Crippen LogP contribution in [0.1, 0.15) is 31.6 Å². The Morgan fingerprint density at radius 1 is 1.56 bits per heavy atom. The van der Waals surface area contributed by atoms with Crippen molar-refractivity contribution in [3.63, 3.8) is 0 Å². The lowest BCUT2D eigenvalue weighted by molar-refractivity contribution is 0.187. The lowest BCUT2D eigenvalue weighted by Gasteiger charge is -2.28. The minimum absolute atomic E-state index is 0.648. The Balaban J connectivity index is 1.89. The Bertz CT molecular complexity index is 293. The van der Waals surface area contributed by atoms with Crippen molar-refractivity contribution in [2.75, 3.05) is 13.1 Å². The van der Waals surface area contributed by atoms with E-state index in [9.17, 15) is 0 Å². The maximum atomic E-state index is 3.45. The van der Waals surface area contributed by atoms with E-state index in [0.29, 0.717) is 6.04 Å². The Morgan fingerprint density at radius 2 is 2.38 bits per heavy atom. The minimum atomic E-state index is 0.648. The van der Waals surface area contributed by atoms with Crippen LogP contribution < -0.4 is 5.32 Å². The maximum Gasteiger partial charge on any atom is 0.0334 e. The lowest BCUT2D eigenvalue weighted by Crippen LogP contribution is -2.41. The van der Waals surface area contributed by atoms with Crippen LogP contribution in [0.15, 0.2) is 17.5 Å². The molecule has 3 heteroatoms. The number of nitrogens with one attached hydrogen (secondary N) is 1. The number of hydrogen-bond donors (Lipinski definition) is 1. The summed E-state index contributed by atoms with van der Waals surface area (Å²) in [7, 11) is 0. The molecule has 2 rings (SSSR count). The highest BCUT2D eigenvalue weighted by atomic mass is 32.1. The summed E-state index contributed by atoms with van der Waals surface area (Å²) in [4.78, 5) is 4.16. The molecule has 1 N–H and O–H groups in total. The van der Waals surface area contributed by atoms with E-state index in [1.54, 1.807) is 0 Å². The van der Waals surface area contributed by atoms with Crippen LogP contribution in [0.3, 0.4) is 0 Å². The van der Waals surface area contributed by atoms with Crippen LogP contribution in [-0.2, 0) is 6.54 Å². The van der Waals surface area contributed by atoms with Crippen molar-refractivity contribution in [3.8, 4) is 0 Å². The Hall–Kier alpha value is -0.380. The van der Waals surface area contributed by atoms with Crippen molar-refractivity contribution in [2.45, 2.75) is 45.3 Å². The average molecular weight is 238 g/mol. The van der Waals surface area contributed by atoms with Gasteiger partial charge < -0.3 is 5.32 Å². The molecular weight excluding hydrogens is 216 g/mol. The van der Waals surface area contributed by atoms with Crippen LogP contribution in [0.25, 0.3) is 0 Å². The van der Waals surface area contributed by atoms with Gasteiger partial charge in [0, 0.05) is 30.1 Å². The summed E-state index contributed by atoms with van der Waals surface area (Å²) >= 11 is 1.88. The zero-order valence-corrected chi connectivity index (χ0v) is 11.1. The fraction of sp³-hybridized carbons (Fsp3) is 0.692. The van der Waals surface area contributed by atoms with Gasteiger partial charge in [0.05, 0.1) is 0 Å². The second kappa shape index (κ2) is 5.80. The number of hydrogen-bond acceptors (Lipinski definition) is 3. The van der Waals surface area contributed by atoms with Gasteiger partial charge in [-0.3, -0.25) is 4.90 Å². The fourth-order valence-electron chi connectivity index (χ4n) is 2.10. The van der Waals surface area contributed by atoms with Gasteiger partial charge in [-0.05, 0) is 37.8 Å². The monoisotopic (exact) mass is 238 g/mol. The van der Waals surface area contributed by atoms with Crippen molar-refractivity contribution in [1.29, 1.82) is 0 Å². The van der Waals surface area contributed by atoms with E-state index >= 15 is 0 Å². The largest absolute Gasteiger partial charge is 0.315 e. The van der Waals surface area contributed by atoms with Crippen molar-refractivity contribution in [1.82, 2.24) is 10.2 Å². The van der Waals surface area contributed by atoms with E-state index in [-0.39, 0.29) is 0 Å². The molecule has 1 aromatic heterocycles. The molecule has 1 saturated carbocycles. The first-order valence-electron chi connectivity index (χ1n) is 6.30. The Labute approximate surface area is 103 Å². The third kappa shape index (κ3) is 3.30. The van der Waals surface area contributed by atoms with Gasteiger partial charge in [-0.15, -0.1) is 11.3 Å². The van der Waals surface area contributed by atoms with Gasteiger partial charge in [-0.2, -0.15) is 0 Å². The molecule has 1 atom stereocenters. The van der Waals surface area contributed by atoms with Crippen LogP contribution in [0.4, 0.5) is 0 Å². The highest BCUT2D eigenvalue weighted by molar-refractivity contribution is 7.09. The molecule has 0 aromatic carbocycles. The molecule has 0 aliphatic heterocycles. The topological polar surface area (TPSA) is 15.3 Å². The Kier molecular flexibility index (Phi) is 4.38. The van der Waals surface area contributed by atoms with E-state index in [4.69, 9.17) is 0 Å². The third-order valence-corrected chi connectivity index (χ3v) is 4.05. The molecule has 0 amide bonds. The molecule has 1 aromatic rings. The van der Waals surface area contributed by atoms with Crippen LogP contribution in [0.5, 0.6) is 0 Å². The van der Waals surface area contributed by atoms with E-state index in [0.717, 1.165) is 25.7 Å². The molecule has 1 heterocycles. The summed E-state index contributed by atoms with van der Waals surface area (Å²) in [5, 5.41) is 5.63. The van der Waals surface area contributed by atoms with Crippen LogP contribution in [0.2, 0.25) is 0 Å². The molecular formula is C13H22N2S. The number of nitrogens with zero attached hydrogens (tertiary/aromatic N) is 1. The molecule has 0 saturated heterocycles. The highest BCUT2D eigenvalue weighted by Gasteiger charge is 2.31. The van der Waals surface area contributed by atoms with Gasteiger partial charge in [0.1, 0.15) is 0 Å². The molecule has 1 aliphatic carbocycles. The third-order valence-electron chi connectivity index (χ3n) is 3.19. The fourth-order valence-corrected chi connectivity index (χ4v) is 2.82. The van der Waals surface area contributed by atoms with Gasteiger partial charge in [0.25, 0.3) is 0 Å². The molecule has 0 radical (unpaired) electrons. The van der Waals surface area contributed by atoms with Gasteiger partial charge in [-0.1, -0.05) is 13.0 Å². The van der Waals surface area contributed by atoms with Gasteiger partial charge >= 0.3 is 0 Å². The summed E-state index contributed by atoms with van der Waals surface area (Å²) in [6.07, 6.45) is 2.78. The molecule has 1 aliphatic rings. The molecule has 0 bridgehead atoms. The summed E-state index contributed by atoms with van der Waals surface area (Å²) in [5.41, 5.74) is 0. The molecule has 90 valence electrons. The van der Waals surface area contributed by atoms with E-state index in [1.165, 1.54) is 17.7 Å². The van der Waals surface area contributed by atoms with Crippen LogP contribution in [-0.4, -0.2) is 30.1 Å². The number of likely N-dealkylation sites (N-methyl/N-ethyl adjacent to an activating group) is 1. The van der Waals surface area contributed by atoms with E-state index in [2.05, 4.69) is 41.6 Å². The van der Waals surface area contributed by atoms with Crippen molar-refractivity contribution < 1.29 is 0 Å². The summed E-state index contributed by atoms with van der Waals surface area (Å²) in [6, 6.07) is 5.89. The predicted molar refractivity (Wildman–Crippen MR) is 70.9 cm³/mol. The quantitative estimate of drug-likeness (QED) is 0.786. The van der Waals surface area contributed by atoms with Crippen LogP contribution in [0, 0.1) is 0 Å². The van der Waals surface area contributed by atoms with Crippen molar-refractivity contribution >= 4 is 11.3 Å². The molecule has 1 fully saturated rings. The zero-order chi connectivity index (χ0) is 11.4. The SMILES string of the molecule is CCNCC(C)N(Cc1cccs1)C1CC1. The van der Waals surface area contributed by atoms with Gasteiger partial charge in [0.15, 0.2) is 0 Å². The first-order valence-corrected chi connectivity index (χ1v) is 7.18. The van der Waals surface area contributed by atoms with E-state index < -0.39 is 0 Å². The smallest absolute Gasteiger partial charge is 0.0334 e. The van der Waals surface area contributed by atoms with Gasteiger partial charge in [-0.25, -0.2) is 0 Å². The molecule has 16 heavy (non-hydrogen) atoms. The minimum Gasteiger partial charge on any atom is -0.315 e. The predicted octanol–water partition coefficient (Wildman–Crippen LogP) is 2.71. The first kappa shape index (κ1) is 12.1. The average Bonchev–Trinajstić information content (AvgIpc) is 3.00. The lowest BCUT2D eigenvalue weighted by atomic mass is 10.2. The molecule has 2 nitrogen and oxygen atoms in total. The van der Waals surface area contributed by atoms with Crippen LogP contribution >= 0.6 is 11.3 Å². The molecule has 0 spiro atoms. The van der Waals surface area contributed by atoms with E-state index in [1.807, 2.05) is 11.3 Å². The normalized spacial score (nSPS) is 17.9. The zero-order valence-electron chi connectivity index (χ0n) is 10.3. The second-order valence-electron chi connectivity index (χ2n) is 4.64. The van der Waals surface area contributed by atoms with Gasteiger partial charge in [0.2, 0.25) is 0 Å². The Morgan fingerprint density at radius 3 is 2.94 bits per heavy atom. The maximum absolute atomic E-state index is 3.45. The first-order chi connectivity index (χ1) is 7.81. The summed E-state index contributed by atoms with van der Waals surface area (Å²) in [5.74, 6) is 0. The van der Waals surface area contributed by atoms with Crippen molar-refractivity contribution in [3.05, 3.63) is 22.4 Å². The number of thiophene rings is 1. The standard InChI is InChI=1S/C13H22N2S/c1-3-14-9-11(2)15(12-6-7-12)10-13-5-4-8-16-13/h4-5,8,11-12,14H,3,6-7,9-10H2,1-2H3. The summed E-state index contributed by atoms with van der Waals surface area (Å²) in [6.45, 7) is 7.83. The second-order valence-corrected chi connectivity index (χ2v) is 5.67. The molecule has 1 unspecified atom stereocenters. The highest BCUT2D eigenvalue weighted by Crippen LogP contribution is 2.30.